The molecular weight excluding hydrogens is 321 g/mol. The van der Waals surface area contributed by atoms with Gasteiger partial charge in [-0.1, -0.05) is 24.3 Å². The number of furan rings is 1. The van der Waals surface area contributed by atoms with E-state index in [9.17, 15) is 18.0 Å². The molecule has 120 valence electrons. The summed E-state index contributed by atoms with van der Waals surface area (Å²) in [4.78, 5) is 12.0. The fourth-order valence-corrected chi connectivity index (χ4v) is 2.61. The number of benzene rings is 2. The lowest BCUT2D eigenvalue weighted by Crippen LogP contribution is -2.03. The Morgan fingerprint density at radius 2 is 1.54 bits per heavy atom. The molecule has 2 heterocycles. The molecule has 3 nitrogen and oxygen atoms in total. The van der Waals surface area contributed by atoms with Crippen molar-refractivity contribution >= 4 is 21.9 Å². The molecule has 0 aliphatic heterocycles. The van der Waals surface area contributed by atoms with Crippen LogP contribution in [-0.2, 0) is 6.18 Å². The number of fused-ring (bicyclic) bond motifs is 3. The Morgan fingerprint density at radius 1 is 0.833 bits per heavy atom. The fraction of sp³-hybridized carbons (Fsp3) is 0.0556. The van der Waals surface area contributed by atoms with Gasteiger partial charge in [-0.3, -0.25) is 0 Å². The second-order valence-corrected chi connectivity index (χ2v) is 5.31. The van der Waals surface area contributed by atoms with Crippen molar-refractivity contribution in [3.63, 3.8) is 0 Å². The van der Waals surface area contributed by atoms with E-state index in [1.165, 1.54) is 18.2 Å². The highest BCUT2D eigenvalue weighted by Gasteiger charge is 2.30. The minimum atomic E-state index is -4.40. The van der Waals surface area contributed by atoms with Gasteiger partial charge in [0.2, 0.25) is 0 Å². The van der Waals surface area contributed by atoms with Gasteiger partial charge in [-0.2, -0.15) is 13.2 Å². The van der Waals surface area contributed by atoms with Crippen LogP contribution in [0.2, 0.25) is 0 Å². The van der Waals surface area contributed by atoms with Crippen molar-refractivity contribution in [3.05, 3.63) is 70.6 Å². The number of alkyl halides is 3. The quantitative estimate of drug-likeness (QED) is 0.449. The average molecular weight is 330 g/mol. The van der Waals surface area contributed by atoms with E-state index in [1.807, 2.05) is 0 Å². The number of halogens is 3. The van der Waals surface area contributed by atoms with Crippen LogP contribution in [0, 0.1) is 0 Å². The highest BCUT2D eigenvalue weighted by molar-refractivity contribution is 6.01. The summed E-state index contributed by atoms with van der Waals surface area (Å²) in [6.45, 7) is 0. The number of para-hydroxylation sites is 1. The number of rotatable bonds is 1. The van der Waals surface area contributed by atoms with Gasteiger partial charge in [0.25, 0.3) is 0 Å². The molecule has 6 heteroatoms. The van der Waals surface area contributed by atoms with E-state index in [0.717, 1.165) is 12.1 Å². The van der Waals surface area contributed by atoms with Crippen LogP contribution in [0.1, 0.15) is 5.56 Å². The second kappa shape index (κ2) is 4.99. The van der Waals surface area contributed by atoms with E-state index < -0.39 is 17.4 Å². The third-order valence-corrected chi connectivity index (χ3v) is 3.78. The summed E-state index contributed by atoms with van der Waals surface area (Å²) in [7, 11) is 0. The minimum absolute atomic E-state index is 0.253. The third-order valence-electron chi connectivity index (χ3n) is 3.78. The average Bonchev–Trinajstić information content (AvgIpc) is 3.00. The Labute approximate surface area is 132 Å². The Morgan fingerprint density at radius 3 is 2.25 bits per heavy atom. The lowest BCUT2D eigenvalue weighted by Gasteiger charge is -2.06. The van der Waals surface area contributed by atoms with E-state index in [2.05, 4.69) is 0 Å². The summed E-state index contributed by atoms with van der Waals surface area (Å²) in [5, 5.41) is 0.883. The number of hydrogen-bond donors (Lipinski definition) is 0. The normalized spacial score (nSPS) is 12.1. The van der Waals surface area contributed by atoms with Crippen molar-refractivity contribution in [2.24, 2.45) is 0 Å². The maximum Gasteiger partial charge on any atom is 0.416 e. The highest BCUT2D eigenvalue weighted by Crippen LogP contribution is 2.33. The topological polar surface area (TPSA) is 43.4 Å². The van der Waals surface area contributed by atoms with Crippen molar-refractivity contribution in [1.29, 1.82) is 0 Å². The first-order chi connectivity index (χ1) is 11.4. The van der Waals surface area contributed by atoms with Gasteiger partial charge < -0.3 is 8.83 Å². The van der Waals surface area contributed by atoms with Crippen LogP contribution in [0.25, 0.3) is 33.3 Å². The molecule has 2 aromatic heterocycles. The van der Waals surface area contributed by atoms with Crippen molar-refractivity contribution in [1.82, 2.24) is 0 Å². The van der Waals surface area contributed by atoms with Crippen molar-refractivity contribution < 1.29 is 22.0 Å². The summed E-state index contributed by atoms with van der Waals surface area (Å²) in [6, 6.07) is 13.0. The molecular formula is C18H9F3O3. The lowest BCUT2D eigenvalue weighted by atomic mass is 10.1. The van der Waals surface area contributed by atoms with Crippen LogP contribution in [0.15, 0.2) is 68.2 Å². The fourth-order valence-electron chi connectivity index (χ4n) is 2.61. The van der Waals surface area contributed by atoms with E-state index in [0.29, 0.717) is 27.9 Å². The Balaban J connectivity index is 1.91. The molecule has 0 N–H and O–H groups in total. The zero-order valence-electron chi connectivity index (χ0n) is 12.1. The van der Waals surface area contributed by atoms with Crippen molar-refractivity contribution in [3.8, 4) is 11.3 Å². The largest absolute Gasteiger partial charge is 0.455 e. The first-order valence-corrected chi connectivity index (χ1v) is 7.06. The summed E-state index contributed by atoms with van der Waals surface area (Å²) >= 11 is 0. The summed E-state index contributed by atoms with van der Waals surface area (Å²) in [5.74, 6) is 0.308. The van der Waals surface area contributed by atoms with Crippen LogP contribution >= 0.6 is 0 Å². The van der Waals surface area contributed by atoms with E-state index in [-0.39, 0.29) is 5.39 Å². The predicted octanol–water partition coefficient (Wildman–Crippen LogP) is 5.23. The van der Waals surface area contributed by atoms with Crippen LogP contribution in [-0.4, -0.2) is 0 Å². The molecule has 0 bridgehead atoms. The van der Waals surface area contributed by atoms with Gasteiger partial charge in [-0.25, -0.2) is 4.79 Å². The van der Waals surface area contributed by atoms with Gasteiger partial charge in [0.1, 0.15) is 16.7 Å². The van der Waals surface area contributed by atoms with Gasteiger partial charge in [-0.15, -0.1) is 0 Å². The summed E-state index contributed by atoms with van der Waals surface area (Å²) in [6.07, 6.45) is -4.40. The first kappa shape index (κ1) is 14.6. The van der Waals surface area contributed by atoms with Crippen LogP contribution in [0.3, 0.4) is 0 Å². The molecule has 24 heavy (non-hydrogen) atoms. The van der Waals surface area contributed by atoms with Crippen molar-refractivity contribution in [2.45, 2.75) is 6.18 Å². The summed E-state index contributed by atoms with van der Waals surface area (Å²) < 4.78 is 48.9. The summed E-state index contributed by atoms with van der Waals surface area (Å²) in [5.41, 5.74) is -0.0966. The Bertz CT molecular complexity index is 1100. The zero-order valence-corrected chi connectivity index (χ0v) is 12.1. The SMILES string of the molecule is O=c1oc2ccccc2c2oc(-c3ccc(C(F)(F)F)cc3)cc12. The number of hydrogen-bond acceptors (Lipinski definition) is 3. The molecule has 0 aliphatic rings. The standard InChI is InChI=1S/C18H9F3O3/c19-18(20,21)11-7-5-10(6-8-11)15-9-13-16(23-15)12-3-1-2-4-14(12)24-17(13)22/h1-9H. The smallest absolute Gasteiger partial charge is 0.416 e. The molecule has 0 fully saturated rings. The Kier molecular flexibility index (Phi) is 3.03. The van der Waals surface area contributed by atoms with Crippen LogP contribution in [0.5, 0.6) is 0 Å². The third kappa shape index (κ3) is 2.27. The molecule has 2 aromatic carbocycles. The molecule has 0 aliphatic carbocycles. The maximum absolute atomic E-state index is 12.6. The van der Waals surface area contributed by atoms with Gasteiger partial charge in [0.05, 0.1) is 10.9 Å². The van der Waals surface area contributed by atoms with Gasteiger partial charge in [0, 0.05) is 5.56 Å². The Hall–Kier alpha value is -3.02. The van der Waals surface area contributed by atoms with E-state index >= 15 is 0 Å². The van der Waals surface area contributed by atoms with E-state index in [1.54, 1.807) is 24.3 Å². The second-order valence-electron chi connectivity index (χ2n) is 5.31. The lowest BCUT2D eigenvalue weighted by molar-refractivity contribution is -0.137. The van der Waals surface area contributed by atoms with Crippen molar-refractivity contribution in [2.75, 3.05) is 0 Å². The molecule has 4 rings (SSSR count). The molecule has 0 amide bonds. The molecule has 0 radical (unpaired) electrons. The van der Waals surface area contributed by atoms with Crippen LogP contribution in [0.4, 0.5) is 13.2 Å². The molecule has 0 unspecified atom stereocenters. The van der Waals surface area contributed by atoms with Crippen LogP contribution < -0.4 is 5.63 Å². The minimum Gasteiger partial charge on any atom is -0.455 e. The molecule has 0 saturated carbocycles. The molecule has 0 saturated heterocycles. The first-order valence-electron chi connectivity index (χ1n) is 7.06. The van der Waals surface area contributed by atoms with Gasteiger partial charge >= 0.3 is 11.8 Å². The van der Waals surface area contributed by atoms with Gasteiger partial charge in [0.15, 0.2) is 5.58 Å². The monoisotopic (exact) mass is 330 g/mol. The molecule has 0 spiro atoms. The molecule has 0 atom stereocenters. The van der Waals surface area contributed by atoms with Gasteiger partial charge in [-0.05, 0) is 30.3 Å². The molecule has 4 aromatic rings. The predicted molar refractivity (Wildman–Crippen MR) is 82.7 cm³/mol. The zero-order chi connectivity index (χ0) is 16.9. The maximum atomic E-state index is 12.6. The van der Waals surface area contributed by atoms with E-state index in [4.69, 9.17) is 8.83 Å². The highest BCUT2D eigenvalue weighted by atomic mass is 19.4.